The molecule has 1 aromatic rings. The Morgan fingerprint density at radius 1 is 1.44 bits per heavy atom. The molecule has 3 rings (SSSR count). The number of ether oxygens (including phenoxy) is 1. The molecule has 6 heteroatoms. The maximum Gasteiger partial charge on any atom is 0.165 e. The minimum absolute atomic E-state index is 0.297. The van der Waals surface area contributed by atoms with E-state index < -0.39 is 0 Å². The molecule has 16 heavy (non-hydrogen) atoms. The molecule has 0 aromatic carbocycles. The Kier molecular flexibility index (Phi) is 2.61. The molecule has 0 amide bonds. The minimum Gasteiger partial charge on any atom is -0.377 e. The van der Waals surface area contributed by atoms with Crippen molar-refractivity contribution in [2.75, 3.05) is 6.61 Å². The highest BCUT2D eigenvalue weighted by Gasteiger charge is 2.29. The molecule has 0 bridgehead atoms. The second-order valence-corrected chi connectivity index (χ2v) is 4.62. The molecule has 0 spiro atoms. The van der Waals surface area contributed by atoms with Crippen LogP contribution in [0.15, 0.2) is 0 Å². The van der Waals surface area contributed by atoms with E-state index in [4.69, 9.17) is 4.74 Å². The van der Waals surface area contributed by atoms with Gasteiger partial charge in [-0.25, -0.2) is 4.68 Å². The van der Waals surface area contributed by atoms with Gasteiger partial charge in [-0.15, -0.1) is 5.10 Å². The first-order valence-electron chi connectivity index (χ1n) is 5.96. The second-order valence-electron chi connectivity index (χ2n) is 4.62. The van der Waals surface area contributed by atoms with Gasteiger partial charge >= 0.3 is 0 Å². The third kappa shape index (κ3) is 1.94. The van der Waals surface area contributed by atoms with Crippen molar-refractivity contribution in [1.29, 1.82) is 0 Å². The van der Waals surface area contributed by atoms with Crippen molar-refractivity contribution in [3.05, 3.63) is 5.82 Å². The SMILES string of the molecule is CC1OCCC1NCc1nnnn1C1CC1. The minimum atomic E-state index is 0.297. The quantitative estimate of drug-likeness (QED) is 0.794. The number of rotatable bonds is 4. The molecule has 6 nitrogen and oxygen atoms in total. The lowest BCUT2D eigenvalue weighted by Crippen LogP contribution is -2.35. The molecule has 88 valence electrons. The van der Waals surface area contributed by atoms with Gasteiger partial charge in [-0.05, 0) is 36.6 Å². The summed E-state index contributed by atoms with van der Waals surface area (Å²) in [5.74, 6) is 0.946. The number of tetrazole rings is 1. The van der Waals surface area contributed by atoms with Crippen LogP contribution in [0.25, 0.3) is 0 Å². The average molecular weight is 223 g/mol. The first-order valence-corrected chi connectivity index (χ1v) is 5.96. The number of hydrogen-bond donors (Lipinski definition) is 1. The Bertz CT molecular complexity index is 362. The predicted octanol–water partition coefficient (Wildman–Crippen LogP) is 0.275. The summed E-state index contributed by atoms with van der Waals surface area (Å²) in [7, 11) is 0. The second kappa shape index (κ2) is 4.10. The summed E-state index contributed by atoms with van der Waals surface area (Å²) in [6.45, 7) is 3.70. The van der Waals surface area contributed by atoms with E-state index in [1.165, 1.54) is 12.8 Å². The van der Waals surface area contributed by atoms with E-state index in [2.05, 4.69) is 27.8 Å². The Labute approximate surface area is 94.4 Å². The van der Waals surface area contributed by atoms with Gasteiger partial charge < -0.3 is 10.1 Å². The standard InChI is InChI=1S/C10H17N5O/c1-7-9(4-5-16-7)11-6-10-12-13-14-15(10)8-2-3-8/h7-9,11H,2-6H2,1H3. The number of hydrogen-bond acceptors (Lipinski definition) is 5. The van der Waals surface area contributed by atoms with Crippen LogP contribution in [0.2, 0.25) is 0 Å². The van der Waals surface area contributed by atoms with Crippen molar-refractivity contribution < 1.29 is 4.74 Å². The number of aromatic nitrogens is 4. The zero-order valence-corrected chi connectivity index (χ0v) is 9.46. The Morgan fingerprint density at radius 3 is 3.00 bits per heavy atom. The number of nitrogens with one attached hydrogen (secondary N) is 1. The predicted molar refractivity (Wildman–Crippen MR) is 56.7 cm³/mol. The summed E-state index contributed by atoms with van der Waals surface area (Å²) in [5, 5.41) is 15.3. The molecule has 1 aliphatic heterocycles. The highest BCUT2D eigenvalue weighted by molar-refractivity contribution is 4.91. The number of nitrogens with zero attached hydrogens (tertiary/aromatic N) is 4. The van der Waals surface area contributed by atoms with Gasteiger partial charge in [-0.2, -0.15) is 0 Å². The van der Waals surface area contributed by atoms with Crippen LogP contribution >= 0.6 is 0 Å². The molecule has 1 aromatic heterocycles. The van der Waals surface area contributed by atoms with E-state index in [1.807, 2.05) is 4.68 Å². The smallest absolute Gasteiger partial charge is 0.165 e. The first-order chi connectivity index (χ1) is 7.84. The van der Waals surface area contributed by atoms with Crippen molar-refractivity contribution in [2.45, 2.75) is 50.9 Å². The van der Waals surface area contributed by atoms with Gasteiger partial charge in [0.05, 0.1) is 18.7 Å². The molecule has 1 saturated heterocycles. The Morgan fingerprint density at radius 2 is 2.31 bits per heavy atom. The molecule has 1 N–H and O–H groups in total. The van der Waals surface area contributed by atoms with Crippen molar-refractivity contribution in [2.24, 2.45) is 0 Å². The highest BCUT2D eigenvalue weighted by Crippen LogP contribution is 2.34. The normalized spacial score (nSPS) is 29.8. The van der Waals surface area contributed by atoms with Gasteiger partial charge in [0.1, 0.15) is 0 Å². The van der Waals surface area contributed by atoms with Crippen LogP contribution in [0.4, 0.5) is 0 Å². The molecule has 0 radical (unpaired) electrons. The van der Waals surface area contributed by atoms with Crippen LogP contribution in [0.5, 0.6) is 0 Å². The monoisotopic (exact) mass is 223 g/mol. The summed E-state index contributed by atoms with van der Waals surface area (Å²) < 4.78 is 7.46. The van der Waals surface area contributed by atoms with E-state index in [9.17, 15) is 0 Å². The van der Waals surface area contributed by atoms with Crippen LogP contribution in [0.3, 0.4) is 0 Å². The molecule has 2 aliphatic rings. The van der Waals surface area contributed by atoms with Crippen molar-refractivity contribution in [1.82, 2.24) is 25.5 Å². The lowest BCUT2D eigenvalue weighted by molar-refractivity contribution is 0.112. The van der Waals surface area contributed by atoms with Crippen molar-refractivity contribution in [3.63, 3.8) is 0 Å². The van der Waals surface area contributed by atoms with Crippen LogP contribution < -0.4 is 5.32 Å². The molecule has 2 heterocycles. The molecule has 2 unspecified atom stereocenters. The summed E-state index contributed by atoms with van der Waals surface area (Å²) in [6, 6.07) is 0.980. The van der Waals surface area contributed by atoms with E-state index in [1.54, 1.807) is 0 Å². The van der Waals surface area contributed by atoms with Gasteiger partial charge in [0, 0.05) is 12.6 Å². The van der Waals surface area contributed by atoms with E-state index in [0.29, 0.717) is 18.2 Å². The van der Waals surface area contributed by atoms with E-state index >= 15 is 0 Å². The van der Waals surface area contributed by atoms with Crippen LogP contribution in [0, 0.1) is 0 Å². The van der Waals surface area contributed by atoms with Gasteiger partial charge in [0.25, 0.3) is 0 Å². The summed E-state index contributed by atoms with van der Waals surface area (Å²) >= 11 is 0. The van der Waals surface area contributed by atoms with Gasteiger partial charge in [-0.3, -0.25) is 0 Å². The van der Waals surface area contributed by atoms with Crippen molar-refractivity contribution in [3.8, 4) is 0 Å². The highest BCUT2D eigenvalue weighted by atomic mass is 16.5. The van der Waals surface area contributed by atoms with Crippen LogP contribution in [0.1, 0.15) is 38.1 Å². The van der Waals surface area contributed by atoms with Gasteiger partial charge in [-0.1, -0.05) is 0 Å². The fourth-order valence-corrected chi connectivity index (χ4v) is 2.15. The molecule has 2 atom stereocenters. The summed E-state index contributed by atoms with van der Waals surface area (Å²) in [6.07, 6.45) is 3.79. The molecule has 1 saturated carbocycles. The first kappa shape index (κ1) is 10.2. The average Bonchev–Trinajstić information content (AvgIpc) is 2.88. The maximum atomic E-state index is 5.50. The van der Waals surface area contributed by atoms with E-state index in [-0.39, 0.29) is 0 Å². The third-order valence-electron chi connectivity index (χ3n) is 3.35. The summed E-state index contributed by atoms with van der Waals surface area (Å²) in [4.78, 5) is 0. The topological polar surface area (TPSA) is 64.9 Å². The lowest BCUT2D eigenvalue weighted by atomic mass is 10.1. The fourth-order valence-electron chi connectivity index (χ4n) is 2.15. The largest absolute Gasteiger partial charge is 0.377 e. The Hall–Kier alpha value is -1.01. The molecular weight excluding hydrogens is 206 g/mol. The zero-order valence-electron chi connectivity index (χ0n) is 9.46. The van der Waals surface area contributed by atoms with Gasteiger partial charge in [0.15, 0.2) is 5.82 Å². The molecular formula is C10H17N5O. The van der Waals surface area contributed by atoms with Crippen molar-refractivity contribution >= 4 is 0 Å². The van der Waals surface area contributed by atoms with Crippen LogP contribution in [-0.4, -0.2) is 39.0 Å². The Balaban J connectivity index is 1.59. The third-order valence-corrected chi connectivity index (χ3v) is 3.35. The molecule has 1 aliphatic carbocycles. The lowest BCUT2D eigenvalue weighted by Gasteiger charge is -2.15. The summed E-state index contributed by atoms with van der Waals surface area (Å²) in [5.41, 5.74) is 0. The molecule has 2 fully saturated rings. The van der Waals surface area contributed by atoms with E-state index in [0.717, 1.165) is 25.4 Å². The zero-order chi connectivity index (χ0) is 11.0. The maximum absolute atomic E-state index is 5.50. The fraction of sp³-hybridized carbons (Fsp3) is 0.900. The van der Waals surface area contributed by atoms with Gasteiger partial charge in [0.2, 0.25) is 0 Å². The van der Waals surface area contributed by atoms with Crippen LogP contribution in [-0.2, 0) is 11.3 Å².